The van der Waals surface area contributed by atoms with Crippen LogP contribution in [0.1, 0.15) is 38.2 Å². The van der Waals surface area contributed by atoms with Crippen LogP contribution in [0.25, 0.3) is 0 Å². The molecule has 5 nitrogen and oxygen atoms in total. The minimum absolute atomic E-state index is 0.0614. The summed E-state index contributed by atoms with van der Waals surface area (Å²) in [4.78, 5) is 2.28. The summed E-state index contributed by atoms with van der Waals surface area (Å²) in [5.74, 6) is -0.454. The molecule has 0 radical (unpaired) electrons. The van der Waals surface area contributed by atoms with Gasteiger partial charge in [-0.3, -0.25) is 4.90 Å². The van der Waals surface area contributed by atoms with Crippen LogP contribution < -0.4 is 4.74 Å². The Balaban J connectivity index is 1.80. The van der Waals surface area contributed by atoms with Gasteiger partial charge in [0.2, 0.25) is 10.0 Å². The molecule has 1 atom stereocenters. The van der Waals surface area contributed by atoms with Crippen LogP contribution in [0.3, 0.4) is 0 Å². The summed E-state index contributed by atoms with van der Waals surface area (Å²) < 4.78 is 69.4. The average molecular weight is 471 g/mol. The van der Waals surface area contributed by atoms with Crippen LogP contribution in [0.2, 0.25) is 0 Å². The largest absolute Gasteiger partial charge is 0.573 e. The highest BCUT2D eigenvalue weighted by molar-refractivity contribution is 7.89. The van der Waals surface area contributed by atoms with E-state index >= 15 is 0 Å². The minimum atomic E-state index is -4.83. The zero-order valence-electron chi connectivity index (χ0n) is 18.1. The van der Waals surface area contributed by atoms with Crippen molar-refractivity contribution in [1.82, 2.24) is 9.21 Å². The Morgan fingerprint density at radius 3 is 2.38 bits per heavy atom. The molecule has 1 aliphatic rings. The summed E-state index contributed by atoms with van der Waals surface area (Å²) in [6.07, 6.45) is -0.408. The zero-order chi connectivity index (χ0) is 23.2. The second-order valence-corrected chi connectivity index (χ2v) is 9.88. The van der Waals surface area contributed by atoms with Gasteiger partial charge in [0.25, 0.3) is 0 Å². The molecule has 0 aromatic heterocycles. The van der Waals surface area contributed by atoms with Crippen LogP contribution in [0.15, 0.2) is 59.5 Å². The average Bonchev–Trinajstić information content (AvgIpc) is 2.76. The van der Waals surface area contributed by atoms with E-state index in [1.165, 1.54) is 10.7 Å². The molecule has 176 valence electrons. The molecule has 32 heavy (non-hydrogen) atoms. The zero-order valence-corrected chi connectivity index (χ0v) is 18.9. The number of benzene rings is 2. The van der Waals surface area contributed by atoms with Gasteiger partial charge in [-0.2, -0.15) is 4.31 Å². The lowest BCUT2D eigenvalue weighted by Gasteiger charge is -2.36. The Kier molecular flexibility index (Phi) is 8.19. The summed E-state index contributed by atoms with van der Waals surface area (Å²) in [5, 5.41) is 0. The maximum Gasteiger partial charge on any atom is 0.573 e. The Labute approximate surface area is 187 Å². The normalized spacial score (nSPS) is 18.1. The van der Waals surface area contributed by atoms with Crippen molar-refractivity contribution in [2.75, 3.05) is 19.6 Å². The maximum absolute atomic E-state index is 13.4. The monoisotopic (exact) mass is 470 g/mol. The fourth-order valence-corrected chi connectivity index (χ4v) is 5.51. The van der Waals surface area contributed by atoms with Crippen molar-refractivity contribution in [2.24, 2.45) is 0 Å². The molecular weight excluding hydrogens is 441 g/mol. The van der Waals surface area contributed by atoms with Crippen molar-refractivity contribution in [1.29, 1.82) is 0 Å². The topological polar surface area (TPSA) is 49.9 Å². The van der Waals surface area contributed by atoms with Crippen LogP contribution in [0.5, 0.6) is 5.75 Å². The van der Waals surface area contributed by atoms with E-state index in [4.69, 9.17) is 0 Å². The van der Waals surface area contributed by atoms with E-state index in [-0.39, 0.29) is 11.4 Å². The van der Waals surface area contributed by atoms with Crippen molar-refractivity contribution in [3.63, 3.8) is 0 Å². The van der Waals surface area contributed by atoms with E-state index in [0.717, 1.165) is 55.6 Å². The standard InChI is InChI=1S/C23H29F3N2O3S/c1-2-20-10-6-7-15-27(20)16-17-28(18-19-8-4-3-5-9-19)32(29,30)22-13-11-21(12-14-22)31-23(24,25)26/h3-5,8-9,11-14,20H,2,6-7,10,15-18H2,1H3. The van der Waals surface area contributed by atoms with Crippen molar-refractivity contribution in [3.05, 3.63) is 60.2 Å². The Morgan fingerprint density at radius 2 is 1.75 bits per heavy atom. The van der Waals surface area contributed by atoms with Gasteiger partial charge in [-0.05, 0) is 55.6 Å². The van der Waals surface area contributed by atoms with Gasteiger partial charge in [0, 0.05) is 25.7 Å². The van der Waals surface area contributed by atoms with Gasteiger partial charge in [0.1, 0.15) is 5.75 Å². The van der Waals surface area contributed by atoms with E-state index in [0.29, 0.717) is 19.1 Å². The lowest BCUT2D eigenvalue weighted by atomic mass is 10.0. The number of halogens is 3. The lowest BCUT2D eigenvalue weighted by molar-refractivity contribution is -0.274. The molecule has 2 aromatic carbocycles. The lowest BCUT2D eigenvalue weighted by Crippen LogP contribution is -2.44. The van der Waals surface area contributed by atoms with E-state index in [2.05, 4.69) is 16.6 Å². The predicted octanol–water partition coefficient (Wildman–Crippen LogP) is 5.04. The molecule has 3 rings (SSSR count). The van der Waals surface area contributed by atoms with Gasteiger partial charge in [-0.15, -0.1) is 13.2 Å². The molecule has 0 amide bonds. The predicted molar refractivity (Wildman–Crippen MR) is 117 cm³/mol. The summed E-state index contributed by atoms with van der Waals surface area (Å²) in [6, 6.07) is 14.1. The van der Waals surface area contributed by atoms with Gasteiger partial charge in [-0.1, -0.05) is 43.7 Å². The molecule has 9 heteroatoms. The van der Waals surface area contributed by atoms with Gasteiger partial charge in [-0.25, -0.2) is 8.42 Å². The van der Waals surface area contributed by atoms with Crippen LogP contribution >= 0.6 is 0 Å². The van der Waals surface area contributed by atoms with Crippen LogP contribution in [0.4, 0.5) is 13.2 Å². The fourth-order valence-electron chi connectivity index (χ4n) is 4.09. The molecular formula is C23H29F3N2O3S. The molecule has 1 fully saturated rings. The third kappa shape index (κ3) is 6.70. The first-order valence-corrected chi connectivity index (χ1v) is 12.3. The van der Waals surface area contributed by atoms with E-state index < -0.39 is 22.1 Å². The van der Waals surface area contributed by atoms with Crippen LogP contribution in [0, 0.1) is 0 Å². The third-order valence-corrected chi connectivity index (χ3v) is 7.61. The van der Waals surface area contributed by atoms with E-state index in [1.807, 2.05) is 30.3 Å². The summed E-state index contributed by atoms with van der Waals surface area (Å²) in [6.45, 7) is 4.19. The number of rotatable bonds is 9. The quantitative estimate of drug-likeness (QED) is 0.515. The molecule has 2 aromatic rings. The molecule has 1 unspecified atom stereocenters. The van der Waals surface area contributed by atoms with Crippen molar-refractivity contribution in [2.45, 2.75) is 56.5 Å². The molecule has 1 heterocycles. The summed E-state index contributed by atoms with van der Waals surface area (Å²) >= 11 is 0. The first-order chi connectivity index (χ1) is 15.2. The second kappa shape index (κ2) is 10.7. The number of sulfonamides is 1. The second-order valence-electron chi connectivity index (χ2n) is 7.94. The van der Waals surface area contributed by atoms with Crippen molar-refractivity contribution >= 4 is 10.0 Å². The first kappa shape index (κ1) is 24.5. The van der Waals surface area contributed by atoms with E-state index in [9.17, 15) is 21.6 Å². The number of piperidine rings is 1. The van der Waals surface area contributed by atoms with Crippen LogP contribution in [-0.2, 0) is 16.6 Å². The van der Waals surface area contributed by atoms with E-state index in [1.54, 1.807) is 0 Å². The molecule has 0 N–H and O–H groups in total. The number of nitrogens with zero attached hydrogens (tertiary/aromatic N) is 2. The van der Waals surface area contributed by atoms with Crippen LogP contribution in [-0.4, -0.2) is 49.7 Å². The third-order valence-electron chi connectivity index (χ3n) is 5.75. The highest BCUT2D eigenvalue weighted by Crippen LogP contribution is 2.26. The van der Waals surface area contributed by atoms with Crippen molar-refractivity contribution in [3.8, 4) is 5.75 Å². The Bertz CT molecular complexity index is 951. The van der Waals surface area contributed by atoms with Gasteiger partial charge >= 0.3 is 6.36 Å². The minimum Gasteiger partial charge on any atom is -0.406 e. The maximum atomic E-state index is 13.4. The Morgan fingerprint density at radius 1 is 1.06 bits per heavy atom. The molecule has 1 aliphatic heterocycles. The van der Waals surface area contributed by atoms with Gasteiger partial charge in [0.15, 0.2) is 0 Å². The number of alkyl halides is 3. The first-order valence-electron chi connectivity index (χ1n) is 10.8. The van der Waals surface area contributed by atoms with Crippen molar-refractivity contribution < 1.29 is 26.3 Å². The number of hydrogen-bond donors (Lipinski definition) is 0. The highest BCUT2D eigenvalue weighted by atomic mass is 32.2. The summed E-state index contributed by atoms with van der Waals surface area (Å²) in [5.41, 5.74) is 0.846. The Hall–Kier alpha value is -2.10. The molecule has 0 saturated carbocycles. The summed E-state index contributed by atoms with van der Waals surface area (Å²) in [7, 11) is -3.91. The number of likely N-dealkylation sites (tertiary alicyclic amines) is 1. The molecule has 0 spiro atoms. The van der Waals surface area contributed by atoms with Gasteiger partial charge < -0.3 is 4.74 Å². The fraction of sp³-hybridized carbons (Fsp3) is 0.478. The highest BCUT2D eigenvalue weighted by Gasteiger charge is 2.32. The smallest absolute Gasteiger partial charge is 0.406 e. The number of hydrogen-bond acceptors (Lipinski definition) is 4. The molecule has 0 bridgehead atoms. The molecule has 0 aliphatic carbocycles. The molecule has 1 saturated heterocycles. The SMILES string of the molecule is CCC1CCCCN1CCN(Cc1ccccc1)S(=O)(=O)c1ccc(OC(F)(F)F)cc1. The van der Waals surface area contributed by atoms with Gasteiger partial charge in [0.05, 0.1) is 4.90 Å². The number of ether oxygens (including phenoxy) is 1.